The second-order valence-corrected chi connectivity index (χ2v) is 5.02. The molecule has 1 aromatic heterocycles. The van der Waals surface area contributed by atoms with Gasteiger partial charge in [-0.3, -0.25) is 9.78 Å². The molecule has 0 radical (unpaired) electrons. The Morgan fingerprint density at radius 1 is 0.955 bits per heavy atom. The van der Waals surface area contributed by atoms with Gasteiger partial charge in [-0.15, -0.1) is 0 Å². The summed E-state index contributed by atoms with van der Waals surface area (Å²) in [6.07, 6.45) is 3.51. The number of benzene rings is 2. The van der Waals surface area contributed by atoms with Crippen molar-refractivity contribution in [2.24, 2.45) is 0 Å². The van der Waals surface area contributed by atoms with E-state index < -0.39 is 0 Å². The largest absolute Gasteiger partial charge is 0.294 e. The number of hydrogen-bond acceptors (Lipinski definition) is 2. The monoisotopic (exact) mass is 291 g/mol. The van der Waals surface area contributed by atoms with Gasteiger partial charge in [-0.25, -0.2) is 4.39 Å². The van der Waals surface area contributed by atoms with Gasteiger partial charge in [-0.05, 0) is 29.3 Å². The van der Waals surface area contributed by atoms with Crippen LogP contribution in [0.5, 0.6) is 0 Å². The van der Waals surface area contributed by atoms with Gasteiger partial charge in [0, 0.05) is 29.9 Å². The molecule has 22 heavy (non-hydrogen) atoms. The Labute approximate surface area is 128 Å². The summed E-state index contributed by atoms with van der Waals surface area (Å²) in [5, 5.41) is 0. The predicted molar refractivity (Wildman–Crippen MR) is 84.1 cm³/mol. The molecule has 0 saturated carbocycles. The summed E-state index contributed by atoms with van der Waals surface area (Å²) in [6, 6.07) is 17.5. The molecule has 0 aliphatic carbocycles. The lowest BCUT2D eigenvalue weighted by Crippen LogP contribution is -2.03. The van der Waals surface area contributed by atoms with Gasteiger partial charge in [0.1, 0.15) is 5.82 Å². The van der Waals surface area contributed by atoms with Crippen LogP contribution < -0.4 is 0 Å². The maximum absolute atomic E-state index is 13.7. The van der Waals surface area contributed by atoms with Crippen molar-refractivity contribution in [1.29, 1.82) is 0 Å². The van der Waals surface area contributed by atoms with Crippen LogP contribution in [0.3, 0.4) is 0 Å². The molecule has 108 valence electrons. The number of aromatic nitrogens is 1. The van der Waals surface area contributed by atoms with Crippen LogP contribution in [0.25, 0.3) is 11.1 Å². The molecule has 3 aromatic rings. The minimum Gasteiger partial charge on any atom is -0.294 e. The molecule has 2 nitrogen and oxygen atoms in total. The van der Waals surface area contributed by atoms with E-state index in [4.69, 9.17) is 0 Å². The second-order valence-electron chi connectivity index (χ2n) is 5.02. The summed E-state index contributed by atoms with van der Waals surface area (Å²) in [7, 11) is 0. The fourth-order valence-corrected chi connectivity index (χ4v) is 2.31. The van der Waals surface area contributed by atoms with Gasteiger partial charge in [0.2, 0.25) is 0 Å². The molecule has 0 spiro atoms. The van der Waals surface area contributed by atoms with E-state index in [0.717, 1.165) is 11.1 Å². The molecule has 3 heteroatoms. The van der Waals surface area contributed by atoms with E-state index in [9.17, 15) is 9.18 Å². The van der Waals surface area contributed by atoms with Gasteiger partial charge >= 0.3 is 0 Å². The summed E-state index contributed by atoms with van der Waals surface area (Å²) in [5.41, 5.74) is 2.86. The molecule has 0 N–H and O–H groups in total. The summed E-state index contributed by atoms with van der Waals surface area (Å²) < 4.78 is 13.7. The van der Waals surface area contributed by atoms with Crippen molar-refractivity contribution >= 4 is 5.78 Å². The molecular formula is C19H14FNO. The van der Waals surface area contributed by atoms with Gasteiger partial charge in [0.25, 0.3) is 0 Å². The number of halogens is 1. The first-order valence-corrected chi connectivity index (χ1v) is 7.01. The fraction of sp³-hybridized carbons (Fsp3) is 0.0526. The van der Waals surface area contributed by atoms with Crippen molar-refractivity contribution in [3.8, 4) is 11.1 Å². The lowest BCUT2D eigenvalue weighted by atomic mass is 10.00. The van der Waals surface area contributed by atoms with Crippen molar-refractivity contribution in [3.05, 3.63) is 90.0 Å². The quantitative estimate of drug-likeness (QED) is 0.670. The lowest BCUT2D eigenvalue weighted by molar-refractivity contribution is 0.0992. The van der Waals surface area contributed by atoms with E-state index in [0.29, 0.717) is 17.5 Å². The highest BCUT2D eigenvalue weighted by Gasteiger charge is 2.08. The number of hydrogen-bond donors (Lipinski definition) is 0. The molecular weight excluding hydrogens is 277 g/mol. The van der Waals surface area contributed by atoms with Crippen molar-refractivity contribution in [1.82, 2.24) is 4.98 Å². The number of rotatable bonds is 4. The highest BCUT2D eigenvalue weighted by Crippen LogP contribution is 2.23. The van der Waals surface area contributed by atoms with E-state index in [1.807, 2.05) is 24.3 Å². The minimum atomic E-state index is -0.248. The molecule has 0 bridgehead atoms. The predicted octanol–water partition coefficient (Wildman–Crippen LogP) is 4.31. The average molecular weight is 291 g/mol. The van der Waals surface area contributed by atoms with Gasteiger partial charge in [0.15, 0.2) is 5.78 Å². The zero-order valence-corrected chi connectivity index (χ0v) is 11.9. The Morgan fingerprint density at radius 2 is 1.73 bits per heavy atom. The van der Waals surface area contributed by atoms with Gasteiger partial charge in [0.05, 0.1) is 0 Å². The second kappa shape index (κ2) is 6.31. The Kier molecular flexibility index (Phi) is 4.05. The fourth-order valence-electron chi connectivity index (χ4n) is 2.31. The van der Waals surface area contributed by atoms with E-state index in [-0.39, 0.29) is 11.6 Å². The average Bonchev–Trinajstić information content (AvgIpc) is 2.57. The molecule has 0 aliphatic heterocycles. The van der Waals surface area contributed by atoms with Crippen molar-refractivity contribution in [3.63, 3.8) is 0 Å². The third-order valence-corrected chi connectivity index (χ3v) is 3.49. The van der Waals surface area contributed by atoms with Crippen LogP contribution in [0, 0.1) is 5.82 Å². The van der Waals surface area contributed by atoms with Crippen LogP contribution in [0.15, 0.2) is 73.1 Å². The van der Waals surface area contributed by atoms with Gasteiger partial charge < -0.3 is 0 Å². The molecule has 0 amide bonds. The molecule has 1 heterocycles. The number of carbonyl (C=O) groups is 1. The lowest BCUT2D eigenvalue weighted by Gasteiger charge is -2.05. The Balaban J connectivity index is 1.78. The van der Waals surface area contributed by atoms with Crippen molar-refractivity contribution < 1.29 is 9.18 Å². The third-order valence-electron chi connectivity index (χ3n) is 3.49. The van der Waals surface area contributed by atoms with E-state index in [1.54, 1.807) is 42.7 Å². The Bertz CT molecular complexity index is 782. The smallest absolute Gasteiger partial charge is 0.168 e. The summed E-state index contributed by atoms with van der Waals surface area (Å²) in [6.45, 7) is 0. The highest BCUT2D eigenvalue weighted by atomic mass is 19.1. The number of Topliss-reactive ketones (excluding diaryl/α,β-unsaturated/α-hetero) is 1. The van der Waals surface area contributed by atoms with Crippen LogP contribution in [0.4, 0.5) is 4.39 Å². The standard InChI is InChI=1S/C19H14FNO/c20-18-6-2-1-5-17(18)15-9-7-14(8-10-15)12-19(22)16-4-3-11-21-13-16/h1-11,13H,12H2. The first-order chi connectivity index (χ1) is 10.7. The van der Waals surface area contributed by atoms with E-state index in [1.165, 1.54) is 6.07 Å². The van der Waals surface area contributed by atoms with Crippen LogP contribution in [0.1, 0.15) is 15.9 Å². The normalized spacial score (nSPS) is 10.4. The topological polar surface area (TPSA) is 30.0 Å². The SMILES string of the molecule is O=C(Cc1ccc(-c2ccccc2F)cc1)c1cccnc1. The van der Waals surface area contributed by atoms with Gasteiger partial charge in [-0.1, -0.05) is 42.5 Å². The summed E-state index contributed by atoms with van der Waals surface area (Å²) in [5.74, 6) is -0.228. The first kappa shape index (κ1) is 14.1. The van der Waals surface area contributed by atoms with Crippen molar-refractivity contribution in [2.45, 2.75) is 6.42 Å². The molecule has 0 atom stereocenters. The maximum Gasteiger partial charge on any atom is 0.168 e. The Morgan fingerprint density at radius 3 is 2.41 bits per heavy atom. The van der Waals surface area contributed by atoms with Crippen LogP contribution in [-0.4, -0.2) is 10.8 Å². The van der Waals surface area contributed by atoms with Crippen LogP contribution in [0.2, 0.25) is 0 Å². The summed E-state index contributed by atoms with van der Waals surface area (Å²) >= 11 is 0. The highest BCUT2D eigenvalue weighted by molar-refractivity contribution is 5.97. The van der Waals surface area contributed by atoms with Crippen molar-refractivity contribution in [2.75, 3.05) is 0 Å². The van der Waals surface area contributed by atoms with E-state index >= 15 is 0 Å². The summed E-state index contributed by atoms with van der Waals surface area (Å²) in [4.78, 5) is 16.1. The first-order valence-electron chi connectivity index (χ1n) is 7.01. The number of pyridine rings is 1. The van der Waals surface area contributed by atoms with Crippen LogP contribution >= 0.6 is 0 Å². The maximum atomic E-state index is 13.7. The zero-order valence-electron chi connectivity index (χ0n) is 11.9. The van der Waals surface area contributed by atoms with Gasteiger partial charge in [-0.2, -0.15) is 0 Å². The molecule has 0 saturated heterocycles. The molecule has 2 aromatic carbocycles. The van der Waals surface area contributed by atoms with E-state index in [2.05, 4.69) is 4.98 Å². The number of ketones is 1. The molecule has 0 aliphatic rings. The van der Waals surface area contributed by atoms with Crippen LogP contribution in [-0.2, 0) is 6.42 Å². The zero-order chi connectivity index (χ0) is 15.4. The minimum absolute atomic E-state index is 0.0201. The molecule has 0 fully saturated rings. The third kappa shape index (κ3) is 3.09. The molecule has 3 rings (SSSR count). The number of nitrogens with zero attached hydrogens (tertiary/aromatic N) is 1. The molecule has 0 unspecified atom stereocenters. The number of carbonyl (C=O) groups excluding carboxylic acids is 1. The Hall–Kier alpha value is -2.81.